The highest BCUT2D eigenvalue weighted by Gasteiger charge is 1.94. The smallest absolute Gasteiger partial charge is 0.115 e. The molecule has 0 saturated heterocycles. The Hall–Kier alpha value is -1.50. The second kappa shape index (κ2) is 6.88. The van der Waals surface area contributed by atoms with E-state index in [1.165, 1.54) is 12.8 Å². The largest absolute Gasteiger partial charge is 0.508 e. The zero-order valence-electron chi connectivity index (χ0n) is 9.13. The van der Waals surface area contributed by atoms with E-state index in [1.54, 1.807) is 24.3 Å². The summed E-state index contributed by atoms with van der Waals surface area (Å²) < 4.78 is 0. The Morgan fingerprint density at radius 3 is 2.47 bits per heavy atom. The van der Waals surface area contributed by atoms with Gasteiger partial charge in [0.2, 0.25) is 0 Å². The molecule has 1 aromatic carbocycles. The number of allylic oxidation sites excluding steroid dienone is 4. The molecule has 0 aliphatic heterocycles. The number of phenols is 1. The summed E-state index contributed by atoms with van der Waals surface area (Å²) in [5.74, 6) is 1.10. The molecule has 0 saturated carbocycles. The van der Waals surface area contributed by atoms with Crippen molar-refractivity contribution in [2.75, 3.05) is 0 Å². The first-order valence-corrected chi connectivity index (χ1v) is 5.36. The first kappa shape index (κ1) is 11.6. The van der Waals surface area contributed by atoms with Crippen LogP contribution in [0.3, 0.4) is 0 Å². The molecule has 1 heteroatoms. The van der Waals surface area contributed by atoms with Crippen LogP contribution in [-0.2, 0) is 0 Å². The molecule has 0 aromatic heterocycles. The number of hydrogen-bond donors (Lipinski definition) is 1. The fourth-order valence-corrected chi connectivity index (χ4v) is 1.31. The summed E-state index contributed by atoms with van der Waals surface area (Å²) in [6, 6.07) is 8.71. The maximum Gasteiger partial charge on any atom is 0.115 e. The maximum atomic E-state index is 8.63. The quantitative estimate of drug-likeness (QED) is 0.676. The van der Waals surface area contributed by atoms with Gasteiger partial charge in [-0.15, -0.1) is 0 Å². The molecule has 1 aliphatic carbocycles. The summed E-state index contributed by atoms with van der Waals surface area (Å²) in [4.78, 5) is 0. The standard InChI is InChI=1S/C8H12.C6H6O/c1-8-6-4-2-3-5-7-8;7-6-4-2-1-3-5-6/h2-4,6,8H,5,7H2,1H3;1-5,7H. The lowest BCUT2D eigenvalue weighted by atomic mass is 10.1. The lowest BCUT2D eigenvalue weighted by Gasteiger charge is -1.98. The van der Waals surface area contributed by atoms with E-state index in [9.17, 15) is 0 Å². The van der Waals surface area contributed by atoms with Crippen molar-refractivity contribution < 1.29 is 5.11 Å². The molecule has 0 amide bonds. The number of phenolic OH excluding ortho intramolecular Hbond substituents is 1. The van der Waals surface area contributed by atoms with Gasteiger partial charge in [-0.25, -0.2) is 0 Å². The summed E-state index contributed by atoms with van der Waals surface area (Å²) in [6.07, 6.45) is 11.3. The average Bonchev–Trinajstić information content (AvgIpc) is 2.48. The molecule has 0 spiro atoms. The van der Waals surface area contributed by atoms with Crippen LogP contribution in [0.1, 0.15) is 19.8 Å². The van der Waals surface area contributed by atoms with Crippen LogP contribution in [0.5, 0.6) is 5.75 Å². The predicted octanol–water partition coefficient (Wildman–Crippen LogP) is 3.92. The van der Waals surface area contributed by atoms with Gasteiger partial charge < -0.3 is 5.11 Å². The van der Waals surface area contributed by atoms with E-state index in [-0.39, 0.29) is 0 Å². The van der Waals surface area contributed by atoms with Crippen molar-refractivity contribution >= 4 is 0 Å². The fourth-order valence-electron chi connectivity index (χ4n) is 1.31. The van der Waals surface area contributed by atoms with E-state index < -0.39 is 0 Å². The van der Waals surface area contributed by atoms with Gasteiger partial charge in [0.1, 0.15) is 5.75 Å². The van der Waals surface area contributed by atoms with Gasteiger partial charge in [-0.05, 0) is 30.9 Å². The van der Waals surface area contributed by atoms with Crippen LogP contribution in [-0.4, -0.2) is 5.11 Å². The van der Waals surface area contributed by atoms with E-state index in [0.29, 0.717) is 5.75 Å². The van der Waals surface area contributed by atoms with E-state index in [1.807, 2.05) is 6.07 Å². The average molecular weight is 202 g/mol. The molecule has 80 valence electrons. The van der Waals surface area contributed by atoms with Crippen molar-refractivity contribution in [2.45, 2.75) is 19.8 Å². The molecular formula is C14H18O. The third-order valence-corrected chi connectivity index (χ3v) is 2.23. The fraction of sp³-hybridized carbons (Fsp3) is 0.286. The molecule has 1 atom stereocenters. The SMILES string of the molecule is CC1C=CC=CCC1.Oc1ccccc1. The van der Waals surface area contributed by atoms with Gasteiger partial charge in [-0.1, -0.05) is 49.4 Å². The Balaban J connectivity index is 0.000000151. The van der Waals surface area contributed by atoms with Crippen LogP contribution < -0.4 is 0 Å². The van der Waals surface area contributed by atoms with Crippen LogP contribution in [0.25, 0.3) is 0 Å². The first-order valence-electron chi connectivity index (χ1n) is 5.36. The highest BCUT2D eigenvalue weighted by molar-refractivity contribution is 5.18. The Morgan fingerprint density at radius 1 is 1.13 bits per heavy atom. The molecule has 1 nitrogen and oxygen atoms in total. The minimum absolute atomic E-state index is 0.322. The van der Waals surface area contributed by atoms with Gasteiger partial charge in [-0.3, -0.25) is 0 Å². The second-order valence-electron chi connectivity index (χ2n) is 3.70. The third kappa shape index (κ3) is 5.74. The normalized spacial score (nSPS) is 18.9. The van der Waals surface area contributed by atoms with Crippen LogP contribution in [0.15, 0.2) is 54.6 Å². The lowest BCUT2D eigenvalue weighted by Crippen LogP contribution is -1.84. The molecule has 0 fully saturated rings. The van der Waals surface area contributed by atoms with E-state index in [4.69, 9.17) is 5.11 Å². The number of benzene rings is 1. The first-order chi connectivity index (χ1) is 7.29. The third-order valence-electron chi connectivity index (χ3n) is 2.23. The van der Waals surface area contributed by atoms with Crippen LogP contribution in [0.4, 0.5) is 0 Å². The second-order valence-corrected chi connectivity index (χ2v) is 3.70. The van der Waals surface area contributed by atoms with Gasteiger partial charge in [-0.2, -0.15) is 0 Å². The van der Waals surface area contributed by atoms with Crippen molar-refractivity contribution in [3.05, 3.63) is 54.6 Å². The zero-order chi connectivity index (χ0) is 10.9. The van der Waals surface area contributed by atoms with Crippen LogP contribution >= 0.6 is 0 Å². The van der Waals surface area contributed by atoms with Gasteiger partial charge >= 0.3 is 0 Å². The summed E-state index contributed by atoms with van der Waals surface area (Å²) in [5.41, 5.74) is 0. The van der Waals surface area contributed by atoms with Crippen molar-refractivity contribution in [3.8, 4) is 5.75 Å². The van der Waals surface area contributed by atoms with E-state index in [2.05, 4.69) is 31.2 Å². The highest BCUT2D eigenvalue weighted by Crippen LogP contribution is 2.10. The van der Waals surface area contributed by atoms with Gasteiger partial charge in [0.25, 0.3) is 0 Å². The lowest BCUT2D eigenvalue weighted by molar-refractivity contribution is 0.475. The molecule has 1 aromatic rings. The Bertz CT molecular complexity index is 311. The maximum absolute atomic E-state index is 8.63. The molecule has 0 heterocycles. The Labute approximate surface area is 91.8 Å². The minimum atomic E-state index is 0.322. The number of para-hydroxylation sites is 1. The Morgan fingerprint density at radius 2 is 1.87 bits per heavy atom. The number of rotatable bonds is 0. The number of hydrogen-bond acceptors (Lipinski definition) is 1. The summed E-state index contributed by atoms with van der Waals surface area (Å²) in [6.45, 7) is 2.25. The topological polar surface area (TPSA) is 20.2 Å². The van der Waals surface area contributed by atoms with Gasteiger partial charge in [0.05, 0.1) is 0 Å². The molecule has 15 heavy (non-hydrogen) atoms. The summed E-state index contributed by atoms with van der Waals surface area (Å²) in [7, 11) is 0. The number of aromatic hydroxyl groups is 1. The summed E-state index contributed by atoms with van der Waals surface area (Å²) >= 11 is 0. The van der Waals surface area contributed by atoms with Crippen molar-refractivity contribution in [1.82, 2.24) is 0 Å². The summed E-state index contributed by atoms with van der Waals surface area (Å²) in [5, 5.41) is 8.63. The van der Waals surface area contributed by atoms with Crippen molar-refractivity contribution in [3.63, 3.8) is 0 Å². The van der Waals surface area contributed by atoms with Crippen molar-refractivity contribution in [1.29, 1.82) is 0 Å². The van der Waals surface area contributed by atoms with Crippen LogP contribution in [0.2, 0.25) is 0 Å². The predicted molar refractivity (Wildman–Crippen MR) is 64.8 cm³/mol. The van der Waals surface area contributed by atoms with Gasteiger partial charge in [0, 0.05) is 0 Å². The zero-order valence-corrected chi connectivity index (χ0v) is 9.13. The minimum Gasteiger partial charge on any atom is -0.508 e. The molecule has 2 rings (SSSR count). The molecular weight excluding hydrogens is 184 g/mol. The molecule has 1 N–H and O–H groups in total. The Kier molecular flexibility index (Phi) is 5.31. The van der Waals surface area contributed by atoms with Crippen LogP contribution in [0, 0.1) is 5.92 Å². The van der Waals surface area contributed by atoms with E-state index in [0.717, 1.165) is 5.92 Å². The molecule has 1 unspecified atom stereocenters. The van der Waals surface area contributed by atoms with Crippen molar-refractivity contribution in [2.24, 2.45) is 5.92 Å². The monoisotopic (exact) mass is 202 g/mol. The molecule has 0 bridgehead atoms. The van der Waals surface area contributed by atoms with E-state index >= 15 is 0 Å². The highest BCUT2D eigenvalue weighted by atomic mass is 16.3. The van der Waals surface area contributed by atoms with Gasteiger partial charge in [0.15, 0.2) is 0 Å². The molecule has 0 radical (unpaired) electrons. The molecule has 1 aliphatic rings.